The molecule has 0 spiro atoms. The number of cyclic esters (lactones) is 1. The third-order valence-electron chi connectivity index (χ3n) is 5.48. The van der Waals surface area contributed by atoms with E-state index in [9.17, 15) is 24.9 Å². The number of carboxylic acid groups (broad SMARTS) is 1. The van der Waals surface area contributed by atoms with Crippen LogP contribution in [0.1, 0.15) is 33.1 Å². The van der Waals surface area contributed by atoms with E-state index < -0.39 is 29.1 Å². The number of fused-ring (bicyclic) bond motifs is 1. The van der Waals surface area contributed by atoms with Crippen LogP contribution in [0.3, 0.4) is 0 Å². The SMILES string of the molecule is C[C@@]1(C(=O)O)C[C@@H]2[C@@H](C1)[C@@](C)(O)CC1=C(COC1=O)[C@@H]2O. The molecule has 116 valence electrons. The first-order valence-electron chi connectivity index (χ1n) is 7.18. The van der Waals surface area contributed by atoms with E-state index in [-0.39, 0.29) is 31.3 Å². The summed E-state index contributed by atoms with van der Waals surface area (Å²) in [5.41, 5.74) is -1.30. The van der Waals surface area contributed by atoms with E-state index in [1.165, 1.54) is 0 Å². The first-order chi connectivity index (χ1) is 9.66. The van der Waals surface area contributed by atoms with Crippen LogP contribution in [0.5, 0.6) is 0 Å². The van der Waals surface area contributed by atoms with Crippen LogP contribution in [-0.2, 0) is 14.3 Å². The maximum atomic E-state index is 11.8. The van der Waals surface area contributed by atoms with Crippen molar-refractivity contribution in [2.45, 2.75) is 44.8 Å². The maximum absolute atomic E-state index is 11.8. The summed E-state index contributed by atoms with van der Waals surface area (Å²) in [6.45, 7) is 3.31. The number of esters is 1. The van der Waals surface area contributed by atoms with Crippen LogP contribution >= 0.6 is 0 Å². The minimum atomic E-state index is -1.22. The fraction of sp³-hybridized carbons (Fsp3) is 0.733. The molecule has 0 amide bonds. The molecule has 1 heterocycles. The lowest BCUT2D eigenvalue weighted by Gasteiger charge is -2.34. The first kappa shape index (κ1) is 14.5. The molecule has 0 aromatic carbocycles. The lowest BCUT2D eigenvalue weighted by atomic mass is 9.77. The second kappa shape index (κ2) is 4.30. The van der Waals surface area contributed by atoms with Gasteiger partial charge in [-0.3, -0.25) is 4.79 Å². The van der Waals surface area contributed by atoms with Crippen LogP contribution in [0.4, 0.5) is 0 Å². The highest BCUT2D eigenvalue weighted by atomic mass is 16.5. The third-order valence-corrected chi connectivity index (χ3v) is 5.48. The van der Waals surface area contributed by atoms with Crippen LogP contribution in [-0.4, -0.2) is 45.6 Å². The first-order valence-corrected chi connectivity index (χ1v) is 7.18. The lowest BCUT2D eigenvalue weighted by Crippen LogP contribution is -2.39. The third kappa shape index (κ3) is 2.00. The number of rotatable bonds is 1. The second-order valence-electron chi connectivity index (χ2n) is 7.10. The van der Waals surface area contributed by atoms with E-state index in [0.29, 0.717) is 17.6 Å². The van der Waals surface area contributed by atoms with Gasteiger partial charge in [0.05, 0.1) is 17.1 Å². The van der Waals surface area contributed by atoms with Crippen LogP contribution in [0.2, 0.25) is 0 Å². The molecule has 0 aromatic rings. The van der Waals surface area contributed by atoms with Gasteiger partial charge in [-0.2, -0.15) is 0 Å². The van der Waals surface area contributed by atoms with E-state index in [1.54, 1.807) is 13.8 Å². The van der Waals surface area contributed by atoms with E-state index in [2.05, 4.69) is 0 Å². The van der Waals surface area contributed by atoms with Crippen molar-refractivity contribution in [2.75, 3.05) is 6.61 Å². The molecule has 6 nitrogen and oxygen atoms in total. The van der Waals surface area contributed by atoms with Gasteiger partial charge in [-0.25, -0.2) is 4.79 Å². The van der Waals surface area contributed by atoms with E-state index in [0.717, 1.165) is 0 Å². The maximum Gasteiger partial charge on any atom is 0.334 e. The average molecular weight is 296 g/mol. The van der Waals surface area contributed by atoms with Gasteiger partial charge >= 0.3 is 11.9 Å². The molecule has 21 heavy (non-hydrogen) atoms. The van der Waals surface area contributed by atoms with Crippen molar-refractivity contribution in [3.8, 4) is 0 Å². The minimum Gasteiger partial charge on any atom is -0.481 e. The van der Waals surface area contributed by atoms with Crippen molar-refractivity contribution >= 4 is 11.9 Å². The smallest absolute Gasteiger partial charge is 0.334 e. The number of aliphatic carboxylic acids is 1. The minimum absolute atomic E-state index is 0.0401. The zero-order chi connectivity index (χ0) is 15.6. The fourth-order valence-electron chi connectivity index (χ4n) is 4.22. The molecule has 0 radical (unpaired) electrons. The van der Waals surface area contributed by atoms with Gasteiger partial charge in [-0.05, 0) is 38.5 Å². The molecule has 3 N–H and O–H groups in total. The second-order valence-corrected chi connectivity index (χ2v) is 7.10. The Morgan fingerprint density at radius 2 is 2.00 bits per heavy atom. The van der Waals surface area contributed by atoms with E-state index in [1.807, 2.05) is 0 Å². The highest BCUT2D eigenvalue weighted by Crippen LogP contribution is 2.55. The molecular weight excluding hydrogens is 276 g/mol. The molecule has 3 rings (SSSR count). The van der Waals surface area contributed by atoms with Crippen molar-refractivity contribution in [3.63, 3.8) is 0 Å². The molecular formula is C15H20O6. The zero-order valence-electron chi connectivity index (χ0n) is 12.1. The summed E-state index contributed by atoms with van der Waals surface area (Å²) in [5, 5.41) is 30.8. The largest absolute Gasteiger partial charge is 0.481 e. The number of hydrogen-bond donors (Lipinski definition) is 3. The van der Waals surface area contributed by atoms with E-state index >= 15 is 0 Å². The Morgan fingerprint density at radius 3 is 2.62 bits per heavy atom. The molecule has 5 atom stereocenters. The number of carbonyl (C=O) groups is 2. The Bertz CT molecular complexity index is 548. The average Bonchev–Trinajstić information content (AvgIpc) is 2.90. The topological polar surface area (TPSA) is 104 Å². The van der Waals surface area contributed by atoms with Crippen molar-refractivity contribution in [3.05, 3.63) is 11.1 Å². The summed E-state index contributed by atoms with van der Waals surface area (Å²) in [6.07, 6.45) is -0.233. The Labute approximate surface area is 122 Å². The summed E-state index contributed by atoms with van der Waals surface area (Å²) in [7, 11) is 0. The molecule has 2 aliphatic carbocycles. The zero-order valence-corrected chi connectivity index (χ0v) is 12.1. The summed E-state index contributed by atoms with van der Waals surface area (Å²) >= 11 is 0. The Hall–Kier alpha value is -1.40. The van der Waals surface area contributed by atoms with Gasteiger partial charge < -0.3 is 20.1 Å². The van der Waals surface area contributed by atoms with Crippen molar-refractivity contribution in [1.82, 2.24) is 0 Å². The molecule has 1 fully saturated rings. The monoisotopic (exact) mass is 296 g/mol. The lowest BCUT2D eigenvalue weighted by molar-refractivity contribution is -0.148. The van der Waals surface area contributed by atoms with Gasteiger partial charge in [-0.1, -0.05) is 0 Å². The highest BCUT2D eigenvalue weighted by Gasteiger charge is 2.58. The standard InChI is InChI=1S/C15H20O6/c1-14(13(18)19)3-8-10(5-14)15(2,20)4-7-9(11(8)16)6-21-12(7)17/h8,10-11,16,20H,3-6H2,1-2H3,(H,18,19)/t8-,10-,11-,14-,15+/m1/s1. The van der Waals surface area contributed by atoms with Crippen molar-refractivity contribution < 1.29 is 29.6 Å². The summed E-state index contributed by atoms with van der Waals surface area (Å²) in [5.74, 6) is -2.12. The number of hydrogen-bond acceptors (Lipinski definition) is 5. The molecule has 1 saturated carbocycles. The number of aliphatic hydroxyl groups is 2. The van der Waals surface area contributed by atoms with Gasteiger partial charge in [0.15, 0.2) is 0 Å². The number of carbonyl (C=O) groups excluding carboxylic acids is 1. The summed E-state index contributed by atoms with van der Waals surface area (Å²) in [4.78, 5) is 23.2. The van der Waals surface area contributed by atoms with E-state index in [4.69, 9.17) is 4.74 Å². The van der Waals surface area contributed by atoms with Gasteiger partial charge in [0.25, 0.3) is 0 Å². The van der Waals surface area contributed by atoms with Crippen molar-refractivity contribution in [2.24, 2.45) is 17.3 Å². The molecule has 0 saturated heterocycles. The molecule has 6 heteroatoms. The Balaban J connectivity index is 2.03. The predicted octanol–water partition coefficient (Wildman–Crippen LogP) is 0.472. The summed E-state index contributed by atoms with van der Waals surface area (Å²) in [6, 6.07) is 0. The molecule has 0 aromatic heterocycles. The normalized spacial score (nSPS) is 45.9. The van der Waals surface area contributed by atoms with Crippen LogP contribution < -0.4 is 0 Å². The molecule has 3 aliphatic rings. The Morgan fingerprint density at radius 1 is 1.33 bits per heavy atom. The number of carboxylic acids is 1. The molecule has 0 bridgehead atoms. The van der Waals surface area contributed by atoms with Crippen LogP contribution in [0.25, 0.3) is 0 Å². The van der Waals surface area contributed by atoms with Gasteiger partial charge in [-0.15, -0.1) is 0 Å². The van der Waals surface area contributed by atoms with Gasteiger partial charge in [0.2, 0.25) is 0 Å². The number of ether oxygens (including phenoxy) is 1. The molecule has 1 aliphatic heterocycles. The van der Waals surface area contributed by atoms with Crippen LogP contribution in [0, 0.1) is 17.3 Å². The molecule has 0 unspecified atom stereocenters. The quantitative estimate of drug-likeness (QED) is 0.608. The number of aliphatic hydroxyl groups excluding tert-OH is 1. The summed E-state index contributed by atoms with van der Waals surface area (Å²) < 4.78 is 4.97. The predicted molar refractivity (Wildman–Crippen MR) is 71.2 cm³/mol. The van der Waals surface area contributed by atoms with Crippen LogP contribution in [0.15, 0.2) is 11.1 Å². The fourth-order valence-corrected chi connectivity index (χ4v) is 4.22. The van der Waals surface area contributed by atoms with Crippen molar-refractivity contribution in [1.29, 1.82) is 0 Å². The highest BCUT2D eigenvalue weighted by molar-refractivity contribution is 5.92. The Kier molecular flexibility index (Phi) is 2.98. The van der Waals surface area contributed by atoms with Gasteiger partial charge in [0, 0.05) is 17.6 Å². The van der Waals surface area contributed by atoms with Gasteiger partial charge in [0.1, 0.15) is 6.61 Å².